The summed E-state index contributed by atoms with van der Waals surface area (Å²) in [4.78, 5) is 0. The van der Waals surface area contributed by atoms with Crippen molar-refractivity contribution in [1.29, 1.82) is 0 Å². The highest BCUT2D eigenvalue weighted by Gasteiger charge is 2.28. The molecule has 0 spiro atoms. The molecule has 0 fully saturated rings. The number of hydrogen-bond acceptors (Lipinski definition) is 2. The molecule has 0 bridgehead atoms. The maximum Gasteiger partial charge on any atom is 0.522 e. The maximum absolute atomic E-state index is 11.7. The van der Waals surface area contributed by atoms with Gasteiger partial charge in [0.25, 0.3) is 0 Å². The van der Waals surface area contributed by atoms with Gasteiger partial charge in [0.2, 0.25) is 0 Å². The fourth-order valence-electron chi connectivity index (χ4n) is 1.31. The molecule has 104 valence electrons. The lowest BCUT2D eigenvalue weighted by molar-refractivity contribution is -0.325. The van der Waals surface area contributed by atoms with Crippen molar-refractivity contribution in [2.45, 2.75) is 13.3 Å². The fourth-order valence-corrected chi connectivity index (χ4v) is 1.38. The van der Waals surface area contributed by atoms with Crippen molar-refractivity contribution in [2.24, 2.45) is 0 Å². The van der Waals surface area contributed by atoms with E-state index in [4.69, 9.17) is 16.3 Å². The van der Waals surface area contributed by atoms with Crippen molar-refractivity contribution in [3.05, 3.63) is 29.3 Å². The Bertz CT molecular complexity index is 475. The smallest absolute Gasteiger partial charge is 0.491 e. The molecule has 0 saturated carbocycles. The number of hydrogen-bond donors (Lipinski definition) is 0. The zero-order valence-corrected chi connectivity index (χ0v) is 10.9. The molecule has 19 heavy (non-hydrogen) atoms. The van der Waals surface area contributed by atoms with E-state index >= 15 is 0 Å². The van der Waals surface area contributed by atoms with E-state index in [1.165, 1.54) is 0 Å². The lowest BCUT2D eigenvalue weighted by Crippen LogP contribution is -2.18. The SMILES string of the molecule is Cc1cc(OCCOC(F)(F)F)ccc1C#CCCl. The first kappa shape index (κ1) is 15.7. The number of rotatable bonds is 4. The summed E-state index contributed by atoms with van der Waals surface area (Å²) in [5.41, 5.74) is 1.67. The fraction of sp³-hybridized carbons (Fsp3) is 0.385. The number of halogens is 4. The molecule has 0 aliphatic rings. The predicted octanol–water partition coefficient (Wildman–Crippen LogP) is 3.50. The first-order valence-electron chi connectivity index (χ1n) is 5.41. The molecular formula is C13H12ClF3O2. The molecule has 0 unspecified atom stereocenters. The van der Waals surface area contributed by atoms with Crippen LogP contribution in [0.4, 0.5) is 13.2 Å². The molecule has 0 amide bonds. The van der Waals surface area contributed by atoms with Crippen molar-refractivity contribution in [3.8, 4) is 17.6 Å². The van der Waals surface area contributed by atoms with Gasteiger partial charge in [0, 0.05) is 5.56 Å². The van der Waals surface area contributed by atoms with E-state index in [0.29, 0.717) is 5.75 Å². The van der Waals surface area contributed by atoms with Crippen LogP contribution >= 0.6 is 11.6 Å². The monoisotopic (exact) mass is 292 g/mol. The van der Waals surface area contributed by atoms with Gasteiger partial charge in [0.1, 0.15) is 12.4 Å². The zero-order chi connectivity index (χ0) is 14.3. The Morgan fingerprint density at radius 3 is 2.58 bits per heavy atom. The second-order valence-corrected chi connectivity index (χ2v) is 3.82. The molecule has 0 radical (unpaired) electrons. The van der Waals surface area contributed by atoms with Crippen LogP contribution in [0.2, 0.25) is 0 Å². The van der Waals surface area contributed by atoms with Crippen molar-refractivity contribution >= 4 is 11.6 Å². The summed E-state index contributed by atoms with van der Waals surface area (Å²) >= 11 is 5.45. The predicted molar refractivity (Wildman–Crippen MR) is 66.3 cm³/mol. The minimum absolute atomic E-state index is 0.175. The van der Waals surface area contributed by atoms with E-state index < -0.39 is 13.0 Å². The van der Waals surface area contributed by atoms with Gasteiger partial charge in [-0.05, 0) is 30.7 Å². The Labute approximate surface area is 114 Å². The Kier molecular flexibility index (Phi) is 6.00. The van der Waals surface area contributed by atoms with Gasteiger partial charge in [-0.25, -0.2) is 0 Å². The van der Waals surface area contributed by atoms with E-state index in [9.17, 15) is 13.2 Å². The molecule has 0 aromatic heterocycles. The molecule has 1 aromatic carbocycles. The Hall–Kier alpha value is -1.38. The molecule has 0 heterocycles. The number of alkyl halides is 4. The highest BCUT2D eigenvalue weighted by Crippen LogP contribution is 2.18. The number of ether oxygens (including phenoxy) is 2. The minimum atomic E-state index is -4.62. The maximum atomic E-state index is 11.7. The van der Waals surface area contributed by atoms with Gasteiger partial charge in [-0.3, -0.25) is 4.74 Å². The quantitative estimate of drug-likeness (QED) is 0.480. The van der Waals surface area contributed by atoms with Gasteiger partial charge < -0.3 is 4.74 Å². The van der Waals surface area contributed by atoms with Gasteiger partial charge in [0.15, 0.2) is 0 Å². The summed E-state index contributed by atoms with van der Waals surface area (Å²) in [6.45, 7) is 1.11. The summed E-state index contributed by atoms with van der Waals surface area (Å²) in [7, 11) is 0. The zero-order valence-electron chi connectivity index (χ0n) is 10.2. The van der Waals surface area contributed by atoms with Gasteiger partial charge in [-0.1, -0.05) is 11.8 Å². The van der Waals surface area contributed by atoms with Crippen LogP contribution in [0.25, 0.3) is 0 Å². The molecule has 0 N–H and O–H groups in total. The van der Waals surface area contributed by atoms with Gasteiger partial charge in [-0.15, -0.1) is 24.8 Å². The second-order valence-electron chi connectivity index (χ2n) is 3.55. The summed E-state index contributed by atoms with van der Waals surface area (Å²) in [5, 5.41) is 0. The number of benzene rings is 1. The average Bonchev–Trinajstić information content (AvgIpc) is 2.32. The first-order valence-corrected chi connectivity index (χ1v) is 5.95. The van der Waals surface area contributed by atoms with Crippen molar-refractivity contribution in [2.75, 3.05) is 19.1 Å². The third-order valence-electron chi connectivity index (χ3n) is 2.11. The largest absolute Gasteiger partial charge is 0.522 e. The van der Waals surface area contributed by atoms with Crippen LogP contribution in [0.15, 0.2) is 18.2 Å². The molecule has 1 aromatic rings. The third kappa shape index (κ3) is 6.37. The van der Waals surface area contributed by atoms with Gasteiger partial charge in [0.05, 0.1) is 12.5 Å². The number of aryl methyl sites for hydroxylation is 1. The van der Waals surface area contributed by atoms with Crippen LogP contribution in [0.5, 0.6) is 5.75 Å². The third-order valence-corrected chi connectivity index (χ3v) is 2.24. The Morgan fingerprint density at radius 1 is 1.26 bits per heavy atom. The van der Waals surface area contributed by atoms with Gasteiger partial charge in [-0.2, -0.15) is 0 Å². The van der Waals surface area contributed by atoms with E-state index in [-0.39, 0.29) is 12.5 Å². The van der Waals surface area contributed by atoms with E-state index in [2.05, 4.69) is 16.6 Å². The minimum Gasteiger partial charge on any atom is -0.491 e. The summed E-state index contributed by atoms with van der Waals surface area (Å²) in [5.74, 6) is 6.30. The molecule has 0 saturated heterocycles. The standard InChI is InChI=1S/C13H12ClF3O2/c1-10-9-12(5-4-11(10)3-2-6-14)18-7-8-19-13(15,16)17/h4-5,9H,6-8H2,1H3. The molecule has 1 rings (SSSR count). The Balaban J connectivity index is 2.50. The van der Waals surface area contributed by atoms with E-state index in [1.54, 1.807) is 18.2 Å². The van der Waals surface area contributed by atoms with Crippen LogP contribution < -0.4 is 4.74 Å². The topological polar surface area (TPSA) is 18.5 Å². The van der Waals surface area contributed by atoms with Crippen LogP contribution in [0, 0.1) is 18.8 Å². The highest BCUT2D eigenvalue weighted by molar-refractivity contribution is 6.19. The van der Waals surface area contributed by atoms with Crippen molar-refractivity contribution in [1.82, 2.24) is 0 Å². The first-order chi connectivity index (χ1) is 8.92. The molecule has 6 heteroatoms. The second kappa shape index (κ2) is 7.27. The van der Waals surface area contributed by atoms with Crippen LogP contribution in [0.3, 0.4) is 0 Å². The normalized spacial score (nSPS) is 10.8. The lowest BCUT2D eigenvalue weighted by atomic mass is 10.1. The van der Waals surface area contributed by atoms with Crippen molar-refractivity contribution in [3.63, 3.8) is 0 Å². The van der Waals surface area contributed by atoms with E-state index in [0.717, 1.165) is 11.1 Å². The van der Waals surface area contributed by atoms with Gasteiger partial charge >= 0.3 is 6.36 Å². The lowest BCUT2D eigenvalue weighted by Gasteiger charge is -2.09. The van der Waals surface area contributed by atoms with E-state index in [1.807, 2.05) is 6.92 Å². The Morgan fingerprint density at radius 2 is 2.00 bits per heavy atom. The molecular weight excluding hydrogens is 281 g/mol. The molecule has 2 nitrogen and oxygen atoms in total. The molecule has 0 aliphatic heterocycles. The summed E-state index contributed by atoms with van der Waals surface area (Å²) in [6, 6.07) is 5.07. The summed E-state index contributed by atoms with van der Waals surface area (Å²) in [6.07, 6.45) is -4.62. The molecule has 0 atom stereocenters. The molecule has 0 aliphatic carbocycles. The highest BCUT2D eigenvalue weighted by atomic mass is 35.5. The summed E-state index contributed by atoms with van der Waals surface area (Å²) < 4.78 is 43.9. The van der Waals surface area contributed by atoms with Crippen LogP contribution in [-0.2, 0) is 4.74 Å². The van der Waals surface area contributed by atoms with Crippen molar-refractivity contribution < 1.29 is 22.6 Å². The van der Waals surface area contributed by atoms with Crippen LogP contribution in [-0.4, -0.2) is 25.5 Å². The van der Waals surface area contributed by atoms with Crippen LogP contribution in [0.1, 0.15) is 11.1 Å². The average molecular weight is 293 g/mol.